The number of ketones is 1. The van der Waals surface area contributed by atoms with Gasteiger partial charge in [0, 0.05) is 30.4 Å². The van der Waals surface area contributed by atoms with Gasteiger partial charge in [-0.2, -0.15) is 18.2 Å². The lowest BCUT2D eigenvalue weighted by molar-refractivity contribution is -0.137. The molecule has 178 valence electrons. The van der Waals surface area contributed by atoms with Crippen LogP contribution in [0.5, 0.6) is 5.75 Å². The van der Waals surface area contributed by atoms with Gasteiger partial charge in [-0.15, -0.1) is 0 Å². The van der Waals surface area contributed by atoms with Gasteiger partial charge in [0.2, 0.25) is 5.95 Å². The van der Waals surface area contributed by atoms with Gasteiger partial charge in [-0.05, 0) is 57.2 Å². The van der Waals surface area contributed by atoms with Crippen molar-refractivity contribution in [2.75, 3.05) is 24.3 Å². The van der Waals surface area contributed by atoms with E-state index in [2.05, 4.69) is 20.6 Å². The summed E-state index contributed by atoms with van der Waals surface area (Å²) in [7, 11) is 1.53. The van der Waals surface area contributed by atoms with Crippen molar-refractivity contribution in [2.24, 2.45) is 11.8 Å². The Bertz CT molecular complexity index is 1000. The van der Waals surface area contributed by atoms with Crippen molar-refractivity contribution in [2.45, 2.75) is 45.7 Å². The van der Waals surface area contributed by atoms with Gasteiger partial charge in [-0.25, -0.2) is 4.98 Å². The molecule has 6 nitrogen and oxygen atoms in total. The Morgan fingerprint density at radius 1 is 1.27 bits per heavy atom. The molecule has 1 fully saturated rings. The fraction of sp³-hybridized carbons (Fsp3) is 0.458. The molecule has 0 radical (unpaired) electrons. The van der Waals surface area contributed by atoms with Crippen LogP contribution < -0.4 is 15.4 Å². The molecule has 33 heavy (non-hydrogen) atoms. The van der Waals surface area contributed by atoms with Gasteiger partial charge in [0.1, 0.15) is 17.1 Å². The first-order chi connectivity index (χ1) is 15.7. The Labute approximate surface area is 191 Å². The van der Waals surface area contributed by atoms with Gasteiger partial charge in [0.25, 0.3) is 0 Å². The summed E-state index contributed by atoms with van der Waals surface area (Å²) in [6.07, 6.45) is 1.03. The number of carbonyl (C=O) groups excluding carboxylic acids is 1. The van der Waals surface area contributed by atoms with Crippen LogP contribution >= 0.6 is 0 Å². The highest BCUT2D eigenvalue weighted by molar-refractivity contribution is 5.92. The average molecular weight is 463 g/mol. The second kappa shape index (κ2) is 10.7. The van der Waals surface area contributed by atoms with Crippen molar-refractivity contribution in [1.29, 1.82) is 0 Å². The van der Waals surface area contributed by atoms with Crippen LogP contribution in [0.2, 0.25) is 0 Å². The van der Waals surface area contributed by atoms with Crippen molar-refractivity contribution in [3.63, 3.8) is 0 Å². The third-order valence-electron chi connectivity index (χ3n) is 5.59. The van der Waals surface area contributed by atoms with E-state index in [0.29, 0.717) is 24.4 Å². The molecule has 1 aliphatic carbocycles. The van der Waals surface area contributed by atoms with Gasteiger partial charge in [0.05, 0.1) is 7.11 Å². The smallest absolute Gasteiger partial charge is 0.421 e. The SMILES string of the molecule is COc1cccc(Nc2ncc(C(F)(F)F)c(NCC3CCC[C@H](C(=O)C=C(C)C)C3)n2)c1. The number of halogens is 3. The molecule has 0 aliphatic heterocycles. The quantitative estimate of drug-likeness (QED) is 0.469. The van der Waals surface area contributed by atoms with Crippen LogP contribution in [0.25, 0.3) is 0 Å². The molecule has 1 aliphatic rings. The molecule has 2 aromatic rings. The van der Waals surface area contributed by atoms with E-state index in [1.807, 2.05) is 13.8 Å². The van der Waals surface area contributed by atoms with Gasteiger partial charge in [0.15, 0.2) is 5.78 Å². The zero-order valence-corrected chi connectivity index (χ0v) is 19.0. The maximum absolute atomic E-state index is 13.6. The largest absolute Gasteiger partial charge is 0.497 e. The van der Waals surface area contributed by atoms with Crippen LogP contribution in [0.4, 0.5) is 30.6 Å². The lowest BCUT2D eigenvalue weighted by atomic mass is 9.79. The highest BCUT2D eigenvalue weighted by atomic mass is 19.4. The number of hydrogen-bond acceptors (Lipinski definition) is 6. The fourth-order valence-electron chi connectivity index (χ4n) is 3.99. The predicted octanol–water partition coefficient (Wildman–Crippen LogP) is 6.00. The second-order valence-electron chi connectivity index (χ2n) is 8.55. The number of ether oxygens (including phenoxy) is 1. The number of rotatable bonds is 8. The minimum atomic E-state index is -4.59. The third kappa shape index (κ3) is 6.94. The van der Waals surface area contributed by atoms with E-state index in [4.69, 9.17) is 4.74 Å². The third-order valence-corrected chi connectivity index (χ3v) is 5.59. The number of methoxy groups -OCH3 is 1. The molecule has 1 heterocycles. The monoisotopic (exact) mass is 462 g/mol. The fourth-order valence-corrected chi connectivity index (χ4v) is 3.99. The van der Waals surface area contributed by atoms with Crippen LogP contribution in [0, 0.1) is 11.8 Å². The first kappa shape index (κ1) is 24.5. The normalized spacial score (nSPS) is 18.4. The van der Waals surface area contributed by atoms with E-state index in [-0.39, 0.29) is 29.4 Å². The van der Waals surface area contributed by atoms with Crippen molar-refractivity contribution in [1.82, 2.24) is 9.97 Å². The highest BCUT2D eigenvalue weighted by Crippen LogP contribution is 2.35. The summed E-state index contributed by atoms with van der Waals surface area (Å²) >= 11 is 0. The van der Waals surface area contributed by atoms with Crippen LogP contribution in [0.1, 0.15) is 45.1 Å². The van der Waals surface area contributed by atoms with Crippen LogP contribution in [-0.4, -0.2) is 29.4 Å². The summed E-state index contributed by atoms with van der Waals surface area (Å²) in [6, 6.07) is 6.94. The van der Waals surface area contributed by atoms with Crippen molar-refractivity contribution < 1.29 is 22.7 Å². The second-order valence-corrected chi connectivity index (χ2v) is 8.55. The summed E-state index contributed by atoms with van der Waals surface area (Å²) < 4.78 is 45.8. The number of carbonyl (C=O) groups is 1. The minimum Gasteiger partial charge on any atom is -0.497 e. The average Bonchev–Trinajstić information content (AvgIpc) is 2.77. The molecule has 1 saturated carbocycles. The van der Waals surface area contributed by atoms with Gasteiger partial charge in [-0.1, -0.05) is 18.1 Å². The van der Waals surface area contributed by atoms with E-state index < -0.39 is 11.7 Å². The number of aromatic nitrogens is 2. The van der Waals surface area contributed by atoms with E-state index in [9.17, 15) is 18.0 Å². The van der Waals surface area contributed by atoms with Crippen LogP contribution in [0.3, 0.4) is 0 Å². The van der Waals surface area contributed by atoms with Gasteiger partial charge >= 0.3 is 6.18 Å². The minimum absolute atomic E-state index is 0.0407. The number of alkyl halides is 3. The zero-order chi connectivity index (χ0) is 24.0. The van der Waals surface area contributed by atoms with Crippen molar-refractivity contribution in [3.05, 3.63) is 47.7 Å². The number of hydrogen-bond donors (Lipinski definition) is 2. The Kier molecular flexibility index (Phi) is 7.94. The molecule has 1 aromatic heterocycles. The topological polar surface area (TPSA) is 76.1 Å². The lowest BCUT2D eigenvalue weighted by Crippen LogP contribution is -2.27. The zero-order valence-electron chi connectivity index (χ0n) is 19.0. The molecule has 2 atom stereocenters. The van der Waals surface area contributed by atoms with Gasteiger partial charge < -0.3 is 15.4 Å². The summed E-state index contributed by atoms with van der Waals surface area (Å²) in [5.74, 6) is 0.462. The molecule has 0 bridgehead atoms. The number of nitrogens with one attached hydrogen (secondary N) is 2. The summed E-state index contributed by atoms with van der Waals surface area (Å²) in [6.45, 7) is 4.06. The molecular formula is C24H29F3N4O2. The van der Waals surface area contributed by atoms with Crippen molar-refractivity contribution >= 4 is 23.2 Å². The molecule has 0 amide bonds. The number of allylic oxidation sites excluding steroid dienone is 2. The standard InChI is InChI=1S/C24H29F3N4O2/c1-15(2)10-21(32)17-7-4-6-16(11-17)13-28-22-20(24(25,26)27)14-29-23(31-22)30-18-8-5-9-19(12-18)33-3/h5,8-10,12,14,16-17H,4,6-7,11,13H2,1-3H3,(H2,28,29,30,31)/t16?,17-/m0/s1. The first-order valence-electron chi connectivity index (χ1n) is 10.9. The highest BCUT2D eigenvalue weighted by Gasteiger charge is 2.36. The molecule has 3 rings (SSSR count). The predicted molar refractivity (Wildman–Crippen MR) is 122 cm³/mol. The van der Waals surface area contributed by atoms with E-state index in [1.165, 1.54) is 7.11 Å². The number of anilines is 3. The Balaban J connectivity index is 1.74. The molecule has 0 saturated heterocycles. The molecular weight excluding hydrogens is 433 g/mol. The van der Waals surface area contributed by atoms with Crippen LogP contribution in [-0.2, 0) is 11.0 Å². The van der Waals surface area contributed by atoms with E-state index >= 15 is 0 Å². The Hall–Kier alpha value is -3.10. The Morgan fingerprint density at radius 3 is 2.76 bits per heavy atom. The van der Waals surface area contributed by atoms with E-state index in [1.54, 1.807) is 30.3 Å². The lowest BCUT2D eigenvalue weighted by Gasteiger charge is -2.28. The summed E-state index contributed by atoms with van der Waals surface area (Å²) in [5, 5.41) is 5.79. The van der Waals surface area contributed by atoms with Gasteiger partial charge in [-0.3, -0.25) is 4.79 Å². The number of benzene rings is 1. The molecule has 1 unspecified atom stereocenters. The maximum atomic E-state index is 13.6. The summed E-state index contributed by atoms with van der Waals surface area (Å²) in [5.41, 5.74) is 0.617. The number of nitrogens with zero attached hydrogens (tertiary/aromatic N) is 2. The molecule has 0 spiro atoms. The molecule has 2 N–H and O–H groups in total. The van der Waals surface area contributed by atoms with Crippen LogP contribution in [0.15, 0.2) is 42.1 Å². The summed E-state index contributed by atoms with van der Waals surface area (Å²) in [4.78, 5) is 20.3. The molecule has 9 heteroatoms. The van der Waals surface area contributed by atoms with Crippen molar-refractivity contribution in [3.8, 4) is 5.75 Å². The maximum Gasteiger partial charge on any atom is 0.421 e. The first-order valence-corrected chi connectivity index (χ1v) is 10.9. The molecule has 1 aromatic carbocycles. The Morgan fingerprint density at radius 2 is 2.06 bits per heavy atom. The van der Waals surface area contributed by atoms with E-state index in [0.717, 1.165) is 31.0 Å².